The third kappa shape index (κ3) is 3.80. The molecular weight excluding hydrogens is 374 g/mol. The predicted octanol–water partition coefficient (Wildman–Crippen LogP) is -1.11. The number of hydrogen-bond donors (Lipinski definition) is 4. The third-order valence-electron chi connectivity index (χ3n) is 4.22. The van der Waals surface area contributed by atoms with Crippen LogP contribution in [-0.4, -0.2) is 67.6 Å². The number of carboxylic acids is 1. The van der Waals surface area contributed by atoms with E-state index < -0.39 is 48.2 Å². The van der Waals surface area contributed by atoms with Crippen molar-refractivity contribution >= 4 is 11.9 Å². The average molecular weight is 391 g/mol. The van der Waals surface area contributed by atoms with E-state index in [0.717, 1.165) is 6.07 Å². The minimum absolute atomic E-state index is 0.0771. The van der Waals surface area contributed by atoms with Crippen molar-refractivity contribution in [1.82, 2.24) is 4.57 Å². The Bertz CT molecular complexity index is 926. The second-order valence-electron chi connectivity index (χ2n) is 6.10. The monoisotopic (exact) mass is 391 g/mol. The van der Waals surface area contributed by atoms with Crippen molar-refractivity contribution < 1.29 is 39.5 Å². The normalized spacial score (nSPS) is 27.2. The van der Waals surface area contributed by atoms with Gasteiger partial charge in [-0.05, 0) is 18.2 Å². The fourth-order valence-corrected chi connectivity index (χ4v) is 2.72. The highest BCUT2D eigenvalue weighted by molar-refractivity contribution is 5.89. The highest BCUT2D eigenvalue weighted by atomic mass is 16.7. The standard InChI is InChI=1S/C18H17NO9/c20-11-7-6-9(8-19(11)10-4-2-1-3-5-10)17(26)28-18-14(23)12(21)13(22)15(27-18)16(24)25/h1-8,12-15,18,21-23H,(H,24,25)/t12-,13-,14+,15-,18-/m0/s1. The molecule has 2 aromatic rings. The quantitative estimate of drug-likeness (QED) is 0.475. The van der Waals surface area contributed by atoms with Gasteiger partial charge in [-0.25, -0.2) is 9.59 Å². The van der Waals surface area contributed by atoms with E-state index in [1.54, 1.807) is 30.3 Å². The third-order valence-corrected chi connectivity index (χ3v) is 4.22. The molecule has 0 aliphatic carbocycles. The SMILES string of the molecule is O=C(O[C@@H]1O[C@H](C(=O)O)[C@@H](O)[C@H](O)[C@H]1O)c1ccc(=O)n(-c2ccccc2)c1. The Labute approximate surface area is 157 Å². The van der Waals surface area contributed by atoms with Crippen LogP contribution in [0.5, 0.6) is 0 Å². The van der Waals surface area contributed by atoms with Gasteiger partial charge in [0.25, 0.3) is 5.56 Å². The summed E-state index contributed by atoms with van der Waals surface area (Å²) >= 11 is 0. The summed E-state index contributed by atoms with van der Waals surface area (Å²) in [5.74, 6) is -2.63. The van der Waals surface area contributed by atoms with Gasteiger partial charge < -0.3 is 29.9 Å². The van der Waals surface area contributed by atoms with E-state index in [9.17, 15) is 29.7 Å². The van der Waals surface area contributed by atoms with Crippen LogP contribution in [0, 0.1) is 0 Å². The molecule has 1 fully saturated rings. The molecule has 0 amide bonds. The van der Waals surface area contributed by atoms with E-state index in [0.29, 0.717) is 5.69 Å². The first-order valence-electron chi connectivity index (χ1n) is 8.21. The number of nitrogens with zero attached hydrogens (tertiary/aromatic N) is 1. The Balaban J connectivity index is 1.83. The van der Waals surface area contributed by atoms with Crippen LogP contribution in [0.15, 0.2) is 53.5 Å². The number of rotatable bonds is 4. The number of hydrogen-bond acceptors (Lipinski definition) is 8. The molecule has 1 aliphatic rings. The lowest BCUT2D eigenvalue weighted by Crippen LogP contribution is -2.60. The van der Waals surface area contributed by atoms with E-state index in [1.165, 1.54) is 16.8 Å². The van der Waals surface area contributed by atoms with Gasteiger partial charge in [-0.3, -0.25) is 9.36 Å². The van der Waals surface area contributed by atoms with Gasteiger partial charge in [0.05, 0.1) is 5.56 Å². The first-order valence-corrected chi connectivity index (χ1v) is 8.21. The number of carbonyl (C=O) groups is 2. The summed E-state index contributed by atoms with van der Waals surface area (Å²) in [6.07, 6.45) is -8.17. The Morgan fingerprint density at radius 3 is 2.29 bits per heavy atom. The lowest BCUT2D eigenvalue weighted by atomic mass is 9.99. The maximum absolute atomic E-state index is 12.4. The lowest BCUT2D eigenvalue weighted by molar-refractivity contribution is -0.278. The van der Waals surface area contributed by atoms with Gasteiger partial charge in [0.1, 0.15) is 18.3 Å². The highest BCUT2D eigenvalue weighted by Gasteiger charge is 2.48. The van der Waals surface area contributed by atoms with E-state index in [4.69, 9.17) is 14.6 Å². The molecule has 5 atom stereocenters. The molecule has 1 aliphatic heterocycles. The predicted molar refractivity (Wildman–Crippen MR) is 91.8 cm³/mol. The van der Waals surface area contributed by atoms with Crippen LogP contribution in [0.1, 0.15) is 10.4 Å². The zero-order chi connectivity index (χ0) is 20.4. The van der Waals surface area contributed by atoms with Crippen molar-refractivity contribution in [1.29, 1.82) is 0 Å². The van der Waals surface area contributed by atoms with E-state index >= 15 is 0 Å². The molecule has 3 rings (SSSR count). The largest absolute Gasteiger partial charge is 0.479 e. The van der Waals surface area contributed by atoms with Gasteiger partial charge in [0.15, 0.2) is 6.10 Å². The first kappa shape index (κ1) is 19.7. The number of aliphatic hydroxyl groups is 3. The van der Waals surface area contributed by atoms with Crippen LogP contribution in [-0.2, 0) is 14.3 Å². The van der Waals surface area contributed by atoms with Crippen LogP contribution in [0.3, 0.4) is 0 Å². The lowest BCUT2D eigenvalue weighted by Gasteiger charge is -2.37. The summed E-state index contributed by atoms with van der Waals surface area (Å²) in [6, 6.07) is 10.8. The number of aromatic nitrogens is 1. The number of pyridine rings is 1. The molecule has 4 N–H and O–H groups in total. The summed E-state index contributed by atoms with van der Waals surface area (Å²) < 4.78 is 11.1. The highest BCUT2D eigenvalue weighted by Crippen LogP contribution is 2.23. The van der Waals surface area contributed by atoms with Gasteiger partial charge in [-0.1, -0.05) is 18.2 Å². The molecular formula is C18H17NO9. The Morgan fingerprint density at radius 1 is 0.964 bits per heavy atom. The zero-order valence-corrected chi connectivity index (χ0v) is 14.3. The number of aliphatic carboxylic acids is 1. The van der Waals surface area contributed by atoms with Crippen molar-refractivity contribution in [3.05, 3.63) is 64.6 Å². The topological polar surface area (TPSA) is 156 Å². The molecule has 1 saturated heterocycles. The summed E-state index contributed by atoms with van der Waals surface area (Å²) in [6.45, 7) is 0. The first-order chi connectivity index (χ1) is 13.3. The maximum atomic E-state index is 12.4. The Hall–Kier alpha value is -3.05. The minimum Gasteiger partial charge on any atom is -0.479 e. The Morgan fingerprint density at radius 2 is 1.64 bits per heavy atom. The zero-order valence-electron chi connectivity index (χ0n) is 14.3. The van der Waals surface area contributed by atoms with E-state index in [-0.39, 0.29) is 5.56 Å². The van der Waals surface area contributed by atoms with E-state index in [2.05, 4.69) is 0 Å². The molecule has 10 heteroatoms. The smallest absolute Gasteiger partial charge is 0.342 e. The molecule has 2 heterocycles. The van der Waals surface area contributed by atoms with Crippen molar-refractivity contribution in [2.24, 2.45) is 0 Å². The van der Waals surface area contributed by atoms with Gasteiger partial charge in [-0.15, -0.1) is 0 Å². The number of esters is 1. The number of benzene rings is 1. The number of aliphatic hydroxyl groups excluding tert-OH is 3. The maximum Gasteiger partial charge on any atom is 0.342 e. The van der Waals surface area contributed by atoms with Crippen LogP contribution in [0.2, 0.25) is 0 Å². The molecule has 148 valence electrons. The summed E-state index contributed by atoms with van der Waals surface area (Å²) in [7, 11) is 0. The second-order valence-corrected chi connectivity index (χ2v) is 6.10. The van der Waals surface area contributed by atoms with Gasteiger partial charge in [0, 0.05) is 18.0 Å². The Kier molecular flexibility index (Phi) is 5.56. The van der Waals surface area contributed by atoms with Crippen LogP contribution in [0.25, 0.3) is 5.69 Å². The molecule has 0 saturated carbocycles. The van der Waals surface area contributed by atoms with Crippen molar-refractivity contribution in [2.45, 2.75) is 30.7 Å². The van der Waals surface area contributed by atoms with Gasteiger partial charge >= 0.3 is 11.9 Å². The average Bonchev–Trinajstić information content (AvgIpc) is 2.69. The number of carbonyl (C=O) groups excluding carboxylic acids is 1. The number of para-hydroxylation sites is 1. The number of carboxylic acid groups (broad SMARTS) is 1. The van der Waals surface area contributed by atoms with Crippen LogP contribution in [0.4, 0.5) is 0 Å². The van der Waals surface area contributed by atoms with Crippen LogP contribution < -0.4 is 5.56 Å². The van der Waals surface area contributed by atoms with Crippen molar-refractivity contribution in [3.63, 3.8) is 0 Å². The van der Waals surface area contributed by atoms with Gasteiger partial charge in [-0.2, -0.15) is 0 Å². The molecule has 0 unspecified atom stereocenters. The van der Waals surface area contributed by atoms with Crippen LogP contribution >= 0.6 is 0 Å². The molecule has 1 aromatic carbocycles. The molecule has 28 heavy (non-hydrogen) atoms. The summed E-state index contributed by atoms with van der Waals surface area (Å²) in [5, 5.41) is 38.4. The molecule has 0 radical (unpaired) electrons. The second kappa shape index (κ2) is 7.90. The molecule has 10 nitrogen and oxygen atoms in total. The molecule has 1 aromatic heterocycles. The summed E-state index contributed by atoms with van der Waals surface area (Å²) in [4.78, 5) is 35.6. The fraction of sp³-hybridized carbons (Fsp3) is 0.278. The molecule has 0 spiro atoms. The molecule has 0 bridgehead atoms. The summed E-state index contributed by atoms with van der Waals surface area (Å²) in [5.41, 5.74) is 0.0218. The van der Waals surface area contributed by atoms with E-state index in [1.807, 2.05) is 0 Å². The van der Waals surface area contributed by atoms with Gasteiger partial charge in [0.2, 0.25) is 6.29 Å². The fourth-order valence-electron chi connectivity index (χ4n) is 2.72. The van der Waals surface area contributed by atoms with Crippen molar-refractivity contribution in [2.75, 3.05) is 0 Å². The number of ether oxygens (including phenoxy) is 2. The van der Waals surface area contributed by atoms with Crippen molar-refractivity contribution in [3.8, 4) is 5.69 Å². The minimum atomic E-state index is -1.90.